The summed E-state index contributed by atoms with van der Waals surface area (Å²) in [5.74, 6) is -1.71. The Morgan fingerprint density at radius 3 is 2.30 bits per heavy atom. The number of halogens is 1. The lowest BCUT2D eigenvalue weighted by atomic mass is 9.94. The van der Waals surface area contributed by atoms with Crippen LogP contribution in [0.15, 0.2) is 23.1 Å². The highest BCUT2D eigenvalue weighted by Gasteiger charge is 2.29. The molecule has 0 spiro atoms. The summed E-state index contributed by atoms with van der Waals surface area (Å²) in [4.78, 5) is 28.8. The van der Waals surface area contributed by atoms with Crippen LogP contribution < -0.4 is 10.3 Å². The van der Waals surface area contributed by atoms with Crippen molar-refractivity contribution in [2.45, 2.75) is 57.0 Å². The first-order valence-corrected chi connectivity index (χ1v) is 11.1. The van der Waals surface area contributed by atoms with Crippen LogP contribution in [0.3, 0.4) is 0 Å². The quantitative estimate of drug-likeness (QED) is 0.829. The van der Waals surface area contributed by atoms with Gasteiger partial charge in [0.05, 0.1) is 11.2 Å². The van der Waals surface area contributed by atoms with Crippen molar-refractivity contribution in [3.05, 3.63) is 39.9 Å². The molecule has 3 fully saturated rings. The van der Waals surface area contributed by atoms with Gasteiger partial charge in [-0.2, -0.15) is 0 Å². The molecule has 0 unspecified atom stereocenters. The van der Waals surface area contributed by atoms with Gasteiger partial charge >= 0.3 is 5.97 Å². The summed E-state index contributed by atoms with van der Waals surface area (Å²) in [6.07, 6.45) is 9.82. The number of hydrogen-bond acceptors (Lipinski definition) is 4. The fraction of sp³-hybridized carbons (Fsp3) is 0.565. The van der Waals surface area contributed by atoms with Crippen molar-refractivity contribution in [1.82, 2.24) is 9.47 Å². The van der Waals surface area contributed by atoms with E-state index in [1.54, 1.807) is 6.07 Å². The van der Waals surface area contributed by atoms with Gasteiger partial charge in [-0.25, -0.2) is 9.18 Å². The van der Waals surface area contributed by atoms with Gasteiger partial charge < -0.3 is 14.6 Å². The van der Waals surface area contributed by atoms with Crippen LogP contribution in [-0.4, -0.2) is 52.8 Å². The predicted octanol–water partition coefficient (Wildman–Crippen LogP) is 3.63. The number of carboxylic acid groups (broad SMARTS) is 1. The molecule has 30 heavy (non-hydrogen) atoms. The Labute approximate surface area is 174 Å². The maximum atomic E-state index is 15.1. The molecule has 1 saturated heterocycles. The van der Waals surface area contributed by atoms with E-state index in [4.69, 9.17) is 0 Å². The number of aromatic nitrogens is 1. The number of nitrogens with zero attached hydrogens (tertiary/aromatic N) is 3. The Bertz CT molecular complexity index is 1030. The molecule has 5 rings (SSSR count). The molecule has 2 aromatic rings. The van der Waals surface area contributed by atoms with Crippen LogP contribution in [0, 0.1) is 5.82 Å². The summed E-state index contributed by atoms with van der Waals surface area (Å²) in [6.45, 7) is 3.38. The molecular weight excluding hydrogens is 385 g/mol. The molecule has 2 aliphatic carbocycles. The number of aromatic carboxylic acids is 1. The van der Waals surface area contributed by atoms with E-state index >= 15 is 4.39 Å². The lowest BCUT2D eigenvalue weighted by Crippen LogP contribution is -2.51. The first-order chi connectivity index (χ1) is 14.5. The second-order valence-electron chi connectivity index (χ2n) is 8.95. The molecule has 2 saturated carbocycles. The van der Waals surface area contributed by atoms with E-state index in [-0.39, 0.29) is 17.0 Å². The molecular formula is C23H28FN3O3. The van der Waals surface area contributed by atoms with E-state index in [0.29, 0.717) is 17.2 Å². The van der Waals surface area contributed by atoms with E-state index in [9.17, 15) is 14.7 Å². The number of rotatable bonds is 4. The number of pyridine rings is 1. The van der Waals surface area contributed by atoms with E-state index in [0.717, 1.165) is 39.0 Å². The molecule has 0 atom stereocenters. The van der Waals surface area contributed by atoms with Crippen molar-refractivity contribution < 1.29 is 14.3 Å². The van der Waals surface area contributed by atoms with Gasteiger partial charge in [0.2, 0.25) is 5.43 Å². The average molecular weight is 413 g/mol. The molecule has 3 aliphatic rings. The van der Waals surface area contributed by atoms with Crippen molar-refractivity contribution in [3.8, 4) is 0 Å². The Kier molecular flexibility index (Phi) is 5.01. The van der Waals surface area contributed by atoms with Crippen LogP contribution in [0.25, 0.3) is 10.9 Å². The molecule has 2 heterocycles. The van der Waals surface area contributed by atoms with Crippen LogP contribution in [0.2, 0.25) is 0 Å². The zero-order chi connectivity index (χ0) is 20.8. The lowest BCUT2D eigenvalue weighted by Gasteiger charge is -2.41. The molecule has 6 nitrogen and oxygen atoms in total. The van der Waals surface area contributed by atoms with Crippen LogP contribution in [0.5, 0.6) is 0 Å². The summed E-state index contributed by atoms with van der Waals surface area (Å²) in [6, 6.07) is 3.85. The summed E-state index contributed by atoms with van der Waals surface area (Å²) in [7, 11) is 0. The molecule has 1 aliphatic heterocycles. The minimum Gasteiger partial charge on any atom is -0.477 e. The summed E-state index contributed by atoms with van der Waals surface area (Å²) < 4.78 is 16.9. The van der Waals surface area contributed by atoms with Gasteiger partial charge in [0, 0.05) is 49.8 Å². The zero-order valence-electron chi connectivity index (χ0n) is 17.1. The smallest absolute Gasteiger partial charge is 0.341 e. The van der Waals surface area contributed by atoms with E-state index in [2.05, 4.69) is 9.80 Å². The third kappa shape index (κ3) is 3.49. The number of hydrogen-bond donors (Lipinski definition) is 1. The summed E-state index contributed by atoms with van der Waals surface area (Å²) in [5.41, 5.74) is 0.255. The highest BCUT2D eigenvalue weighted by atomic mass is 19.1. The van der Waals surface area contributed by atoms with Gasteiger partial charge in [0.25, 0.3) is 0 Å². The van der Waals surface area contributed by atoms with Crippen LogP contribution >= 0.6 is 0 Å². The number of carbonyl (C=O) groups is 1. The second kappa shape index (κ2) is 7.69. The molecule has 7 heteroatoms. The maximum Gasteiger partial charge on any atom is 0.341 e. The Hall–Kier alpha value is -2.41. The third-order valence-corrected chi connectivity index (χ3v) is 7.02. The normalized spacial score (nSPS) is 21.3. The molecule has 1 aromatic heterocycles. The molecule has 0 amide bonds. The largest absolute Gasteiger partial charge is 0.477 e. The first-order valence-electron chi connectivity index (χ1n) is 11.1. The van der Waals surface area contributed by atoms with Gasteiger partial charge in [-0.05, 0) is 37.8 Å². The number of anilines is 1. The second-order valence-corrected chi connectivity index (χ2v) is 8.95. The van der Waals surface area contributed by atoms with Crippen molar-refractivity contribution in [3.63, 3.8) is 0 Å². The Morgan fingerprint density at radius 2 is 1.67 bits per heavy atom. The van der Waals surface area contributed by atoms with E-state index < -0.39 is 17.2 Å². The SMILES string of the molecule is O=C(O)c1cn(C2CC2)c2cc(N3CCN(C4CCCCC4)CC3)c(F)cc2c1=O. The van der Waals surface area contributed by atoms with Gasteiger partial charge in [0.15, 0.2) is 0 Å². The summed E-state index contributed by atoms with van der Waals surface area (Å²) in [5, 5.41) is 9.55. The monoisotopic (exact) mass is 413 g/mol. The van der Waals surface area contributed by atoms with Gasteiger partial charge in [-0.1, -0.05) is 19.3 Å². The Balaban J connectivity index is 1.46. The standard InChI is InChI=1S/C23H28FN3O3/c24-19-12-17-20(27(16-6-7-16)14-18(22(17)28)23(29)30)13-21(19)26-10-8-25(9-11-26)15-4-2-1-3-5-15/h12-16H,1-11H2,(H,29,30). The number of piperazine rings is 1. The van der Waals surface area contributed by atoms with Crippen LogP contribution in [-0.2, 0) is 0 Å². The third-order valence-electron chi connectivity index (χ3n) is 7.02. The molecule has 0 bridgehead atoms. The van der Waals surface area contributed by atoms with Gasteiger partial charge in [0.1, 0.15) is 11.4 Å². The topological polar surface area (TPSA) is 65.8 Å². The van der Waals surface area contributed by atoms with Gasteiger partial charge in [-0.3, -0.25) is 9.69 Å². The van der Waals surface area contributed by atoms with Crippen molar-refractivity contribution in [2.24, 2.45) is 0 Å². The summed E-state index contributed by atoms with van der Waals surface area (Å²) >= 11 is 0. The fourth-order valence-corrected chi connectivity index (χ4v) is 5.18. The Morgan fingerprint density at radius 1 is 0.967 bits per heavy atom. The maximum absolute atomic E-state index is 15.1. The van der Waals surface area contributed by atoms with Crippen molar-refractivity contribution in [2.75, 3.05) is 31.1 Å². The molecule has 1 aromatic carbocycles. The lowest BCUT2D eigenvalue weighted by molar-refractivity contribution is 0.0695. The number of carboxylic acids is 1. The highest BCUT2D eigenvalue weighted by Crippen LogP contribution is 2.38. The molecule has 1 N–H and O–H groups in total. The minimum atomic E-state index is -1.26. The zero-order valence-corrected chi connectivity index (χ0v) is 17.1. The average Bonchev–Trinajstić information content (AvgIpc) is 3.60. The minimum absolute atomic E-state index is 0.156. The van der Waals surface area contributed by atoms with E-state index in [1.165, 1.54) is 44.4 Å². The molecule has 160 valence electrons. The highest BCUT2D eigenvalue weighted by molar-refractivity contribution is 5.93. The first kappa shape index (κ1) is 19.5. The van der Waals surface area contributed by atoms with Crippen LogP contribution in [0.4, 0.5) is 10.1 Å². The number of benzene rings is 1. The van der Waals surface area contributed by atoms with E-state index in [1.807, 2.05) is 4.57 Å². The van der Waals surface area contributed by atoms with Gasteiger partial charge in [-0.15, -0.1) is 0 Å². The predicted molar refractivity (Wildman–Crippen MR) is 114 cm³/mol. The fourth-order valence-electron chi connectivity index (χ4n) is 5.18. The number of fused-ring (bicyclic) bond motifs is 1. The van der Waals surface area contributed by atoms with Crippen molar-refractivity contribution in [1.29, 1.82) is 0 Å². The van der Waals surface area contributed by atoms with Crippen LogP contribution in [0.1, 0.15) is 61.3 Å². The van der Waals surface area contributed by atoms with Crippen molar-refractivity contribution >= 4 is 22.6 Å². The molecule has 0 radical (unpaired) electrons.